The zero-order valence-corrected chi connectivity index (χ0v) is 14.2. The number of nitrogens with zero attached hydrogens (tertiary/aromatic N) is 3. The number of halogens is 2. The van der Waals surface area contributed by atoms with Crippen molar-refractivity contribution in [3.05, 3.63) is 69.2 Å². The molecule has 0 aliphatic carbocycles. The van der Waals surface area contributed by atoms with Crippen molar-refractivity contribution >= 4 is 28.3 Å². The molecular formula is C18H15ClFN3O2. The summed E-state index contributed by atoms with van der Waals surface area (Å²) in [6.07, 6.45) is 0.159. The molecule has 128 valence electrons. The summed E-state index contributed by atoms with van der Waals surface area (Å²) in [4.78, 5) is 24.7. The second-order valence-corrected chi connectivity index (χ2v) is 6.29. The average Bonchev–Trinajstić information content (AvgIpc) is 2.57. The number of fused-ring (bicyclic) bond motifs is 1. The number of ketones is 1. The molecule has 0 bridgehead atoms. The van der Waals surface area contributed by atoms with E-state index < -0.39 is 5.82 Å². The van der Waals surface area contributed by atoms with Crippen LogP contribution in [-0.2, 0) is 11.3 Å². The highest BCUT2D eigenvalue weighted by atomic mass is 35.5. The first-order valence-corrected chi connectivity index (χ1v) is 8.12. The summed E-state index contributed by atoms with van der Waals surface area (Å²) in [6.45, 7) is 1.66. The summed E-state index contributed by atoms with van der Waals surface area (Å²) in [6, 6.07) is 10.9. The SMILES string of the molecule is C[C@H](CC(=O)Cn1nnc2ccccc2c1=O)c1ccc(F)cc1Cl. The molecule has 25 heavy (non-hydrogen) atoms. The van der Waals surface area contributed by atoms with Crippen LogP contribution in [0.1, 0.15) is 24.8 Å². The number of carbonyl (C=O) groups is 1. The summed E-state index contributed by atoms with van der Waals surface area (Å²) in [5.74, 6) is -0.811. The van der Waals surface area contributed by atoms with Crippen molar-refractivity contribution in [2.24, 2.45) is 0 Å². The van der Waals surface area contributed by atoms with Gasteiger partial charge in [0.15, 0.2) is 5.78 Å². The molecule has 0 fully saturated rings. The van der Waals surface area contributed by atoms with Crippen LogP contribution in [-0.4, -0.2) is 20.8 Å². The highest BCUT2D eigenvalue weighted by Crippen LogP contribution is 2.27. The first-order valence-electron chi connectivity index (χ1n) is 7.75. The van der Waals surface area contributed by atoms with Crippen LogP contribution in [0.4, 0.5) is 4.39 Å². The Morgan fingerprint density at radius 3 is 2.80 bits per heavy atom. The van der Waals surface area contributed by atoms with Gasteiger partial charge in [-0.15, -0.1) is 5.10 Å². The average molecular weight is 360 g/mol. The van der Waals surface area contributed by atoms with Gasteiger partial charge in [-0.2, -0.15) is 0 Å². The molecule has 7 heteroatoms. The molecule has 2 aromatic carbocycles. The maximum absolute atomic E-state index is 13.1. The number of aromatic nitrogens is 3. The Kier molecular flexibility index (Phi) is 4.90. The summed E-state index contributed by atoms with van der Waals surface area (Å²) >= 11 is 6.03. The third-order valence-corrected chi connectivity index (χ3v) is 4.31. The zero-order valence-electron chi connectivity index (χ0n) is 13.4. The van der Waals surface area contributed by atoms with E-state index >= 15 is 0 Å². The van der Waals surface area contributed by atoms with Gasteiger partial charge in [0.05, 0.1) is 5.39 Å². The molecule has 0 aliphatic rings. The Morgan fingerprint density at radius 2 is 2.04 bits per heavy atom. The normalized spacial score (nSPS) is 12.3. The molecule has 1 atom stereocenters. The van der Waals surface area contributed by atoms with Crippen LogP contribution in [0.3, 0.4) is 0 Å². The minimum Gasteiger partial charge on any atom is -0.298 e. The number of carbonyl (C=O) groups excluding carboxylic acids is 1. The molecule has 3 rings (SSSR count). The molecule has 0 aliphatic heterocycles. The molecule has 0 amide bonds. The van der Waals surface area contributed by atoms with Crippen LogP contribution in [0.15, 0.2) is 47.3 Å². The van der Waals surface area contributed by atoms with Gasteiger partial charge >= 0.3 is 0 Å². The van der Waals surface area contributed by atoms with Gasteiger partial charge in [0.1, 0.15) is 17.9 Å². The van der Waals surface area contributed by atoms with E-state index in [1.165, 1.54) is 12.1 Å². The van der Waals surface area contributed by atoms with Crippen molar-refractivity contribution in [2.45, 2.75) is 25.8 Å². The predicted octanol–water partition coefficient (Wildman–Crippen LogP) is 3.35. The van der Waals surface area contributed by atoms with Crippen molar-refractivity contribution < 1.29 is 9.18 Å². The quantitative estimate of drug-likeness (QED) is 0.700. The van der Waals surface area contributed by atoms with E-state index in [1.54, 1.807) is 30.3 Å². The molecule has 5 nitrogen and oxygen atoms in total. The van der Waals surface area contributed by atoms with Crippen molar-refractivity contribution in [1.82, 2.24) is 15.0 Å². The molecule has 0 spiro atoms. The lowest BCUT2D eigenvalue weighted by Gasteiger charge is -2.13. The van der Waals surface area contributed by atoms with Crippen molar-refractivity contribution in [3.63, 3.8) is 0 Å². The summed E-state index contributed by atoms with van der Waals surface area (Å²) in [5.41, 5.74) is 0.822. The summed E-state index contributed by atoms with van der Waals surface area (Å²) < 4.78 is 14.2. The predicted molar refractivity (Wildman–Crippen MR) is 93.2 cm³/mol. The molecule has 1 aromatic heterocycles. The van der Waals surface area contributed by atoms with Crippen LogP contribution in [0.25, 0.3) is 10.9 Å². The molecule has 0 unspecified atom stereocenters. The van der Waals surface area contributed by atoms with E-state index in [9.17, 15) is 14.0 Å². The molecule has 1 heterocycles. The van der Waals surface area contributed by atoms with Gasteiger partial charge in [0.2, 0.25) is 0 Å². The fourth-order valence-corrected chi connectivity index (χ4v) is 3.06. The Bertz CT molecular complexity index is 1000. The Morgan fingerprint density at radius 1 is 1.28 bits per heavy atom. The van der Waals surface area contributed by atoms with E-state index in [0.717, 1.165) is 4.68 Å². The summed E-state index contributed by atoms with van der Waals surface area (Å²) in [7, 11) is 0. The standard InChI is InChI=1S/C18H15ClFN3O2/c1-11(14-7-6-12(20)9-16(14)19)8-13(24)10-23-18(25)15-4-2-3-5-17(15)21-22-23/h2-7,9,11H,8,10H2,1H3/t11-/m1/s1. The van der Waals surface area contributed by atoms with Crippen LogP contribution >= 0.6 is 11.6 Å². The fraction of sp³-hybridized carbons (Fsp3) is 0.222. The second-order valence-electron chi connectivity index (χ2n) is 5.88. The number of benzene rings is 2. The van der Waals surface area contributed by atoms with E-state index in [4.69, 9.17) is 11.6 Å². The zero-order chi connectivity index (χ0) is 18.0. The smallest absolute Gasteiger partial charge is 0.278 e. The van der Waals surface area contributed by atoms with Crippen molar-refractivity contribution in [2.75, 3.05) is 0 Å². The Hall–Kier alpha value is -2.60. The lowest BCUT2D eigenvalue weighted by molar-refractivity contribution is -0.120. The number of rotatable bonds is 5. The third kappa shape index (κ3) is 3.74. The van der Waals surface area contributed by atoms with E-state index in [0.29, 0.717) is 16.5 Å². The fourth-order valence-electron chi connectivity index (χ4n) is 2.71. The van der Waals surface area contributed by atoms with Crippen LogP contribution in [0, 0.1) is 5.82 Å². The first kappa shape index (κ1) is 17.2. The second kappa shape index (κ2) is 7.11. The maximum Gasteiger partial charge on any atom is 0.278 e. The van der Waals surface area contributed by atoms with E-state index in [-0.39, 0.29) is 35.2 Å². The number of hydrogen-bond donors (Lipinski definition) is 0. The van der Waals surface area contributed by atoms with Gasteiger partial charge in [0, 0.05) is 11.4 Å². The molecule has 0 saturated carbocycles. The van der Waals surface area contributed by atoms with Crippen LogP contribution < -0.4 is 5.56 Å². The Balaban J connectivity index is 1.76. The van der Waals surface area contributed by atoms with Crippen LogP contribution in [0.2, 0.25) is 5.02 Å². The molecular weight excluding hydrogens is 345 g/mol. The van der Waals surface area contributed by atoms with Gasteiger partial charge in [-0.25, -0.2) is 9.07 Å². The maximum atomic E-state index is 13.1. The van der Waals surface area contributed by atoms with Crippen LogP contribution in [0.5, 0.6) is 0 Å². The molecule has 0 N–H and O–H groups in total. The Labute approximate surface area is 148 Å². The van der Waals surface area contributed by atoms with Gasteiger partial charge in [-0.3, -0.25) is 9.59 Å². The molecule has 0 saturated heterocycles. The lowest BCUT2D eigenvalue weighted by Crippen LogP contribution is -2.28. The van der Waals surface area contributed by atoms with E-state index in [1.807, 2.05) is 6.92 Å². The van der Waals surface area contributed by atoms with Crippen molar-refractivity contribution in [3.8, 4) is 0 Å². The van der Waals surface area contributed by atoms with Gasteiger partial charge in [-0.1, -0.05) is 41.9 Å². The topological polar surface area (TPSA) is 64.8 Å². The number of Topliss-reactive ketones (excluding diaryl/α,β-unsaturated/α-hetero) is 1. The first-order chi connectivity index (χ1) is 12.0. The van der Waals surface area contributed by atoms with E-state index in [2.05, 4.69) is 10.3 Å². The minimum absolute atomic E-state index is 0.159. The van der Waals surface area contributed by atoms with Gasteiger partial charge in [-0.05, 0) is 35.7 Å². The highest BCUT2D eigenvalue weighted by Gasteiger charge is 2.16. The van der Waals surface area contributed by atoms with Gasteiger partial charge < -0.3 is 0 Å². The van der Waals surface area contributed by atoms with Crippen molar-refractivity contribution in [1.29, 1.82) is 0 Å². The van der Waals surface area contributed by atoms with Gasteiger partial charge in [0.25, 0.3) is 5.56 Å². The largest absolute Gasteiger partial charge is 0.298 e. The third-order valence-electron chi connectivity index (χ3n) is 3.98. The lowest BCUT2D eigenvalue weighted by atomic mass is 9.95. The number of hydrogen-bond acceptors (Lipinski definition) is 4. The summed E-state index contributed by atoms with van der Waals surface area (Å²) in [5, 5.41) is 8.46. The molecule has 0 radical (unpaired) electrons. The molecule has 3 aromatic rings. The monoisotopic (exact) mass is 359 g/mol. The highest BCUT2D eigenvalue weighted by molar-refractivity contribution is 6.31. The minimum atomic E-state index is -0.426.